The summed E-state index contributed by atoms with van der Waals surface area (Å²) in [5, 5.41) is 0. The molecule has 4 nitrogen and oxygen atoms in total. The van der Waals surface area contributed by atoms with E-state index in [9.17, 15) is 4.79 Å². The van der Waals surface area contributed by atoms with Crippen molar-refractivity contribution < 1.29 is 4.79 Å². The van der Waals surface area contributed by atoms with Crippen molar-refractivity contribution in [3.8, 4) is 0 Å². The van der Waals surface area contributed by atoms with Crippen LogP contribution in [-0.4, -0.2) is 41.7 Å². The van der Waals surface area contributed by atoms with Gasteiger partial charge in [0.05, 0.1) is 6.04 Å². The molecule has 1 aromatic rings. The minimum atomic E-state index is -0.458. The Labute approximate surface area is 139 Å². The molecule has 22 heavy (non-hydrogen) atoms. The molecule has 4 N–H and O–H groups in total. The Morgan fingerprint density at radius 1 is 1.27 bits per heavy atom. The van der Waals surface area contributed by atoms with Crippen LogP contribution in [0.25, 0.3) is 0 Å². The molecule has 1 rings (SSSR count). The normalized spacial score (nSPS) is 13.6. The minimum Gasteiger partial charge on any atom is -0.338 e. The lowest BCUT2D eigenvalue weighted by Crippen LogP contribution is -2.49. The Morgan fingerprint density at radius 3 is 2.50 bits per heavy atom. The van der Waals surface area contributed by atoms with Crippen molar-refractivity contribution in [3.63, 3.8) is 0 Å². The van der Waals surface area contributed by atoms with Crippen LogP contribution in [0, 0.1) is 0 Å². The van der Waals surface area contributed by atoms with Crippen molar-refractivity contribution in [1.29, 1.82) is 0 Å². The molecule has 0 radical (unpaired) electrons. The number of hydrogen-bond donors (Lipinski definition) is 3. The van der Waals surface area contributed by atoms with Crippen LogP contribution in [0.15, 0.2) is 30.3 Å². The maximum Gasteiger partial charge on any atom is 0.239 e. The number of rotatable bonds is 10. The molecule has 0 heterocycles. The number of amides is 1. The fourth-order valence-corrected chi connectivity index (χ4v) is 2.98. The molecule has 2 atom stereocenters. The summed E-state index contributed by atoms with van der Waals surface area (Å²) in [5.74, 6) is 0.667. The molecule has 1 amide bonds. The maximum atomic E-state index is 12.6. The number of carbonyl (C=O) groups excluding carboxylic acids is 1. The van der Waals surface area contributed by atoms with Crippen LogP contribution in [0.5, 0.6) is 0 Å². The Hall–Kier alpha value is -1.04. The Morgan fingerprint density at radius 2 is 1.95 bits per heavy atom. The van der Waals surface area contributed by atoms with Gasteiger partial charge in [-0.1, -0.05) is 30.3 Å². The summed E-state index contributed by atoms with van der Waals surface area (Å²) in [6.07, 6.45) is 3.26. The zero-order valence-electron chi connectivity index (χ0n) is 13.4. The van der Waals surface area contributed by atoms with Crippen molar-refractivity contribution in [2.45, 2.75) is 44.7 Å². The van der Waals surface area contributed by atoms with Crippen LogP contribution in [0.4, 0.5) is 0 Å². The molecule has 0 bridgehead atoms. The standard InChI is InChI=1S/C17H29N3OS/c1-2-20(15(13-22)9-6-12-18)17(21)16(19)11-10-14-7-4-3-5-8-14/h3-5,7-8,15-16,22H,2,6,9-13,18-19H2,1H3/t15-,16-/m0/s1. The Bertz CT molecular complexity index is 427. The number of hydrogen-bond acceptors (Lipinski definition) is 4. The number of nitrogens with zero attached hydrogens (tertiary/aromatic N) is 1. The van der Waals surface area contributed by atoms with Crippen LogP contribution in [-0.2, 0) is 11.2 Å². The highest BCUT2D eigenvalue weighted by atomic mass is 32.1. The molecule has 0 unspecified atom stereocenters. The molecule has 0 aliphatic rings. The van der Waals surface area contributed by atoms with Gasteiger partial charge in [-0.15, -0.1) is 0 Å². The van der Waals surface area contributed by atoms with Crippen molar-refractivity contribution in [3.05, 3.63) is 35.9 Å². The van der Waals surface area contributed by atoms with E-state index in [2.05, 4.69) is 24.8 Å². The van der Waals surface area contributed by atoms with E-state index in [0.29, 0.717) is 25.3 Å². The fourth-order valence-electron chi connectivity index (χ4n) is 2.60. The molecule has 0 aliphatic carbocycles. The lowest BCUT2D eigenvalue weighted by molar-refractivity contribution is -0.134. The van der Waals surface area contributed by atoms with Gasteiger partial charge in [0.1, 0.15) is 0 Å². The molecule has 124 valence electrons. The number of aryl methyl sites for hydroxylation is 1. The predicted octanol–water partition coefficient (Wildman–Crippen LogP) is 1.83. The number of nitrogens with two attached hydrogens (primary N) is 2. The van der Waals surface area contributed by atoms with Gasteiger partial charge >= 0.3 is 0 Å². The second kappa shape index (κ2) is 10.6. The summed E-state index contributed by atoms with van der Waals surface area (Å²) in [6.45, 7) is 3.28. The first kappa shape index (κ1) is 19.0. The molecule has 0 fully saturated rings. The Balaban J connectivity index is 2.57. The van der Waals surface area contributed by atoms with Gasteiger partial charge in [-0.2, -0.15) is 12.6 Å². The summed E-state index contributed by atoms with van der Waals surface area (Å²) < 4.78 is 0. The maximum absolute atomic E-state index is 12.6. The second-order valence-electron chi connectivity index (χ2n) is 5.52. The summed E-state index contributed by atoms with van der Waals surface area (Å²) in [4.78, 5) is 14.5. The largest absolute Gasteiger partial charge is 0.338 e. The highest BCUT2D eigenvalue weighted by Gasteiger charge is 2.25. The van der Waals surface area contributed by atoms with Gasteiger partial charge in [-0.3, -0.25) is 4.79 Å². The molecular weight excluding hydrogens is 294 g/mol. The van der Waals surface area contributed by atoms with Gasteiger partial charge in [-0.05, 0) is 44.7 Å². The SMILES string of the molecule is CCN(C(=O)[C@@H](N)CCc1ccccc1)[C@H](CS)CCCN. The van der Waals surface area contributed by atoms with E-state index in [1.165, 1.54) is 5.56 Å². The molecule has 0 saturated heterocycles. The van der Waals surface area contributed by atoms with Gasteiger partial charge in [0.2, 0.25) is 5.91 Å². The molecule has 0 aliphatic heterocycles. The van der Waals surface area contributed by atoms with Gasteiger partial charge < -0.3 is 16.4 Å². The monoisotopic (exact) mass is 323 g/mol. The molecule has 5 heteroatoms. The van der Waals surface area contributed by atoms with Gasteiger partial charge in [0.25, 0.3) is 0 Å². The van der Waals surface area contributed by atoms with E-state index in [0.717, 1.165) is 19.3 Å². The number of carbonyl (C=O) groups is 1. The highest BCUT2D eigenvalue weighted by Crippen LogP contribution is 2.12. The lowest BCUT2D eigenvalue weighted by atomic mass is 10.0. The van der Waals surface area contributed by atoms with Crippen molar-refractivity contribution in [2.24, 2.45) is 11.5 Å². The van der Waals surface area contributed by atoms with Gasteiger partial charge in [-0.25, -0.2) is 0 Å². The van der Waals surface area contributed by atoms with Crippen LogP contribution in [0.1, 0.15) is 31.7 Å². The molecule has 1 aromatic carbocycles. The zero-order valence-corrected chi connectivity index (χ0v) is 14.3. The Kier molecular flexibility index (Phi) is 9.20. The topological polar surface area (TPSA) is 72.3 Å². The third-order valence-electron chi connectivity index (χ3n) is 3.92. The molecule has 0 aromatic heterocycles. The predicted molar refractivity (Wildman–Crippen MR) is 96.1 cm³/mol. The van der Waals surface area contributed by atoms with E-state index in [4.69, 9.17) is 11.5 Å². The first-order valence-corrected chi connectivity index (χ1v) is 8.68. The molecule has 0 saturated carbocycles. The average Bonchev–Trinajstić information content (AvgIpc) is 2.56. The number of benzene rings is 1. The quantitative estimate of drug-likeness (QED) is 0.575. The molecular formula is C17H29N3OS. The first-order valence-electron chi connectivity index (χ1n) is 8.04. The van der Waals surface area contributed by atoms with Crippen molar-refractivity contribution >= 4 is 18.5 Å². The highest BCUT2D eigenvalue weighted by molar-refractivity contribution is 7.80. The van der Waals surface area contributed by atoms with Crippen LogP contribution in [0.3, 0.4) is 0 Å². The van der Waals surface area contributed by atoms with E-state index >= 15 is 0 Å². The smallest absolute Gasteiger partial charge is 0.239 e. The fraction of sp³-hybridized carbons (Fsp3) is 0.588. The average molecular weight is 324 g/mol. The number of likely N-dealkylation sites (N-methyl/N-ethyl adjacent to an activating group) is 1. The number of thiol groups is 1. The summed E-state index contributed by atoms with van der Waals surface area (Å²) in [5.41, 5.74) is 12.9. The van der Waals surface area contributed by atoms with E-state index < -0.39 is 6.04 Å². The zero-order chi connectivity index (χ0) is 16.4. The third-order valence-corrected chi connectivity index (χ3v) is 4.34. The lowest BCUT2D eigenvalue weighted by Gasteiger charge is -2.32. The van der Waals surface area contributed by atoms with Crippen LogP contribution >= 0.6 is 12.6 Å². The summed E-state index contributed by atoms with van der Waals surface area (Å²) >= 11 is 4.38. The van der Waals surface area contributed by atoms with Crippen molar-refractivity contribution in [1.82, 2.24) is 4.90 Å². The summed E-state index contributed by atoms with van der Waals surface area (Å²) in [6, 6.07) is 9.78. The third kappa shape index (κ3) is 5.99. The van der Waals surface area contributed by atoms with E-state index in [1.807, 2.05) is 30.0 Å². The first-order chi connectivity index (χ1) is 10.6. The van der Waals surface area contributed by atoms with Crippen LogP contribution < -0.4 is 11.5 Å². The summed E-state index contributed by atoms with van der Waals surface area (Å²) in [7, 11) is 0. The van der Waals surface area contributed by atoms with Crippen LogP contribution in [0.2, 0.25) is 0 Å². The van der Waals surface area contributed by atoms with E-state index in [1.54, 1.807) is 0 Å². The minimum absolute atomic E-state index is 0.0227. The van der Waals surface area contributed by atoms with Gasteiger partial charge in [0, 0.05) is 18.3 Å². The van der Waals surface area contributed by atoms with Crippen molar-refractivity contribution in [2.75, 3.05) is 18.8 Å². The van der Waals surface area contributed by atoms with Gasteiger partial charge in [0.15, 0.2) is 0 Å². The molecule has 0 spiro atoms. The van der Waals surface area contributed by atoms with E-state index in [-0.39, 0.29) is 11.9 Å². The second-order valence-corrected chi connectivity index (χ2v) is 5.89.